The van der Waals surface area contributed by atoms with Gasteiger partial charge in [0.1, 0.15) is 5.52 Å². The van der Waals surface area contributed by atoms with Crippen molar-refractivity contribution in [3.8, 4) is 0 Å². The molecule has 1 N–H and O–H groups in total. The van der Waals surface area contributed by atoms with Gasteiger partial charge in [0, 0.05) is 7.05 Å². The molecule has 1 aromatic carbocycles. The van der Waals surface area contributed by atoms with Crippen LogP contribution in [-0.2, 0) is 13.2 Å². The van der Waals surface area contributed by atoms with Gasteiger partial charge in [0.2, 0.25) is 5.82 Å². The standard InChI is InChI=1S/C13H11F3N2O2/c1-18-9-5-7(6-2-3-6)4-8(13(14,15)16)10(9)17-11(18)12(19)20/h4-6H,2-3H2,1H3,(H,19,20). The molecular weight excluding hydrogens is 273 g/mol. The zero-order valence-electron chi connectivity index (χ0n) is 10.5. The third-order valence-electron chi connectivity index (χ3n) is 3.55. The number of benzene rings is 1. The first-order valence-corrected chi connectivity index (χ1v) is 6.10. The molecule has 1 aromatic heterocycles. The smallest absolute Gasteiger partial charge is 0.418 e. The van der Waals surface area contributed by atoms with E-state index in [1.807, 2.05) is 0 Å². The van der Waals surface area contributed by atoms with Crippen LogP contribution in [0.25, 0.3) is 11.0 Å². The van der Waals surface area contributed by atoms with Crippen molar-refractivity contribution < 1.29 is 23.1 Å². The molecule has 0 spiro atoms. The van der Waals surface area contributed by atoms with E-state index in [-0.39, 0.29) is 17.0 Å². The highest BCUT2D eigenvalue weighted by Crippen LogP contribution is 2.44. The van der Waals surface area contributed by atoms with Crippen molar-refractivity contribution in [2.75, 3.05) is 0 Å². The lowest BCUT2D eigenvalue weighted by Crippen LogP contribution is -2.07. The van der Waals surface area contributed by atoms with Gasteiger partial charge in [-0.05, 0) is 36.5 Å². The summed E-state index contributed by atoms with van der Waals surface area (Å²) in [4.78, 5) is 14.7. The molecule has 1 aliphatic carbocycles. The molecule has 106 valence electrons. The van der Waals surface area contributed by atoms with E-state index in [2.05, 4.69) is 4.98 Å². The van der Waals surface area contributed by atoms with E-state index in [0.717, 1.165) is 18.9 Å². The fraction of sp³-hybridized carbons (Fsp3) is 0.385. The normalized spacial score (nSPS) is 15.8. The highest BCUT2D eigenvalue weighted by atomic mass is 19.4. The van der Waals surface area contributed by atoms with E-state index in [4.69, 9.17) is 5.11 Å². The highest BCUT2D eigenvalue weighted by Gasteiger charge is 2.37. The number of aromatic carboxylic acids is 1. The first-order chi connectivity index (χ1) is 9.29. The highest BCUT2D eigenvalue weighted by molar-refractivity contribution is 5.91. The predicted octanol–water partition coefficient (Wildman–Crippen LogP) is 3.17. The lowest BCUT2D eigenvalue weighted by molar-refractivity contribution is -0.136. The van der Waals surface area contributed by atoms with Gasteiger partial charge in [0.05, 0.1) is 11.1 Å². The topological polar surface area (TPSA) is 55.1 Å². The zero-order valence-corrected chi connectivity index (χ0v) is 10.5. The van der Waals surface area contributed by atoms with Crippen LogP contribution in [0.2, 0.25) is 0 Å². The van der Waals surface area contributed by atoms with Crippen LogP contribution < -0.4 is 0 Å². The molecule has 0 atom stereocenters. The molecule has 0 bridgehead atoms. The van der Waals surface area contributed by atoms with Crippen LogP contribution in [0, 0.1) is 0 Å². The summed E-state index contributed by atoms with van der Waals surface area (Å²) in [6, 6.07) is 2.71. The number of hydrogen-bond acceptors (Lipinski definition) is 2. The van der Waals surface area contributed by atoms with Gasteiger partial charge in [0.15, 0.2) is 0 Å². The Balaban J connectivity index is 2.34. The zero-order chi connectivity index (χ0) is 14.7. The third kappa shape index (κ3) is 1.93. The first-order valence-electron chi connectivity index (χ1n) is 6.10. The van der Waals surface area contributed by atoms with Crippen LogP contribution in [-0.4, -0.2) is 20.6 Å². The molecule has 1 saturated carbocycles. The van der Waals surface area contributed by atoms with Crippen LogP contribution in [0.1, 0.15) is 40.5 Å². The van der Waals surface area contributed by atoms with Crippen molar-refractivity contribution in [3.63, 3.8) is 0 Å². The number of aryl methyl sites for hydroxylation is 1. The number of hydrogen-bond donors (Lipinski definition) is 1. The van der Waals surface area contributed by atoms with Gasteiger partial charge in [-0.25, -0.2) is 9.78 Å². The Labute approximate surface area is 111 Å². The summed E-state index contributed by atoms with van der Waals surface area (Å²) in [6.45, 7) is 0. The number of nitrogens with zero attached hydrogens (tertiary/aromatic N) is 2. The Morgan fingerprint density at radius 3 is 2.55 bits per heavy atom. The van der Waals surface area contributed by atoms with Gasteiger partial charge in [0.25, 0.3) is 0 Å². The second-order valence-corrected chi connectivity index (χ2v) is 5.01. The summed E-state index contributed by atoms with van der Waals surface area (Å²) < 4.78 is 40.6. The number of carboxylic acids is 1. The number of halogens is 3. The molecule has 0 amide bonds. The van der Waals surface area contributed by atoms with Gasteiger partial charge in [-0.1, -0.05) is 0 Å². The molecule has 4 nitrogen and oxygen atoms in total. The fourth-order valence-corrected chi connectivity index (χ4v) is 2.37. The molecular formula is C13H11F3N2O2. The number of carbonyl (C=O) groups is 1. The number of rotatable bonds is 2. The number of imidazole rings is 1. The average molecular weight is 284 g/mol. The van der Waals surface area contributed by atoms with E-state index >= 15 is 0 Å². The number of alkyl halides is 3. The first kappa shape index (κ1) is 13.0. The molecule has 1 aliphatic rings. The van der Waals surface area contributed by atoms with Crippen LogP contribution in [0.3, 0.4) is 0 Å². The number of aromatic nitrogens is 2. The fourth-order valence-electron chi connectivity index (χ4n) is 2.37. The summed E-state index contributed by atoms with van der Waals surface area (Å²) in [5.41, 5.74) is -0.356. The van der Waals surface area contributed by atoms with Crippen molar-refractivity contribution in [1.82, 2.24) is 9.55 Å². The number of fused-ring (bicyclic) bond motifs is 1. The van der Waals surface area contributed by atoms with Gasteiger partial charge in [-0.3, -0.25) is 0 Å². The Morgan fingerprint density at radius 1 is 1.40 bits per heavy atom. The monoisotopic (exact) mass is 284 g/mol. The SMILES string of the molecule is Cn1c(C(=O)O)nc2c(C(F)(F)F)cc(C3CC3)cc21. The minimum Gasteiger partial charge on any atom is -0.475 e. The van der Waals surface area contributed by atoms with Crippen molar-refractivity contribution in [3.05, 3.63) is 29.1 Å². The molecule has 2 aromatic rings. The maximum absolute atomic E-state index is 13.1. The second kappa shape index (κ2) is 3.97. The predicted molar refractivity (Wildman–Crippen MR) is 64.7 cm³/mol. The minimum atomic E-state index is -4.55. The largest absolute Gasteiger partial charge is 0.475 e. The molecule has 1 fully saturated rings. The summed E-state index contributed by atoms with van der Waals surface area (Å²) in [5.74, 6) is -1.59. The van der Waals surface area contributed by atoms with E-state index in [1.165, 1.54) is 11.6 Å². The molecule has 7 heteroatoms. The van der Waals surface area contributed by atoms with E-state index in [1.54, 1.807) is 6.07 Å². The third-order valence-corrected chi connectivity index (χ3v) is 3.55. The van der Waals surface area contributed by atoms with E-state index in [0.29, 0.717) is 5.56 Å². The maximum atomic E-state index is 13.1. The van der Waals surface area contributed by atoms with Gasteiger partial charge in [-0.15, -0.1) is 0 Å². The average Bonchev–Trinajstić information content (AvgIpc) is 3.12. The quantitative estimate of drug-likeness (QED) is 0.921. The summed E-state index contributed by atoms with van der Waals surface area (Å²) in [6.07, 6.45) is -2.81. The van der Waals surface area contributed by atoms with Crippen LogP contribution in [0.4, 0.5) is 13.2 Å². The van der Waals surface area contributed by atoms with Gasteiger partial charge < -0.3 is 9.67 Å². The molecule has 0 unspecified atom stereocenters. The van der Waals surface area contributed by atoms with E-state index < -0.39 is 23.5 Å². The molecule has 3 rings (SSSR count). The molecule has 1 heterocycles. The Morgan fingerprint density at radius 2 is 2.05 bits per heavy atom. The minimum absolute atomic E-state index is 0.142. The van der Waals surface area contributed by atoms with Gasteiger partial charge >= 0.3 is 12.1 Å². The van der Waals surface area contributed by atoms with E-state index in [9.17, 15) is 18.0 Å². The van der Waals surface area contributed by atoms with Crippen LogP contribution >= 0.6 is 0 Å². The molecule has 0 radical (unpaired) electrons. The summed E-state index contributed by atoms with van der Waals surface area (Å²) >= 11 is 0. The number of carboxylic acid groups (broad SMARTS) is 1. The van der Waals surface area contributed by atoms with Crippen LogP contribution in [0.15, 0.2) is 12.1 Å². The maximum Gasteiger partial charge on any atom is 0.418 e. The summed E-state index contributed by atoms with van der Waals surface area (Å²) in [7, 11) is 1.41. The van der Waals surface area contributed by atoms with Crippen molar-refractivity contribution >= 4 is 17.0 Å². The Kier molecular flexibility index (Phi) is 2.57. The van der Waals surface area contributed by atoms with Crippen LogP contribution in [0.5, 0.6) is 0 Å². The van der Waals surface area contributed by atoms with Crippen molar-refractivity contribution in [2.24, 2.45) is 7.05 Å². The van der Waals surface area contributed by atoms with Crippen molar-refractivity contribution in [2.45, 2.75) is 24.9 Å². The molecule has 0 saturated heterocycles. The van der Waals surface area contributed by atoms with Gasteiger partial charge in [-0.2, -0.15) is 13.2 Å². The summed E-state index contributed by atoms with van der Waals surface area (Å²) in [5, 5.41) is 8.99. The second-order valence-electron chi connectivity index (χ2n) is 5.01. The Bertz CT molecular complexity index is 714. The molecule has 0 aliphatic heterocycles. The lowest BCUT2D eigenvalue weighted by atomic mass is 10.0. The molecule has 20 heavy (non-hydrogen) atoms. The lowest BCUT2D eigenvalue weighted by Gasteiger charge is -2.10. The Hall–Kier alpha value is -2.05. The van der Waals surface area contributed by atoms with Crippen molar-refractivity contribution in [1.29, 1.82) is 0 Å².